The molecule has 20 heavy (non-hydrogen) atoms. The van der Waals surface area contributed by atoms with Gasteiger partial charge in [-0.05, 0) is 38.6 Å². The number of aryl methyl sites for hydroxylation is 2. The molecule has 0 fully saturated rings. The van der Waals surface area contributed by atoms with Crippen LogP contribution in [0.15, 0.2) is 30.7 Å². The normalized spacial score (nSPS) is 11.6. The SMILES string of the molecule is Cc1cn2c(CN(C)Cc3ccncc3)c(C)nc2s1. The number of hydrogen-bond donors (Lipinski definition) is 0. The third kappa shape index (κ3) is 2.59. The first-order valence-electron chi connectivity index (χ1n) is 6.65. The zero-order valence-electron chi connectivity index (χ0n) is 12.0. The average molecular weight is 286 g/mol. The fourth-order valence-electron chi connectivity index (χ4n) is 2.41. The number of pyridine rings is 1. The molecular weight excluding hydrogens is 268 g/mol. The van der Waals surface area contributed by atoms with E-state index in [1.165, 1.54) is 16.1 Å². The highest BCUT2D eigenvalue weighted by Crippen LogP contribution is 2.21. The first-order chi connectivity index (χ1) is 9.63. The summed E-state index contributed by atoms with van der Waals surface area (Å²) in [6.45, 7) is 6.02. The summed E-state index contributed by atoms with van der Waals surface area (Å²) >= 11 is 1.74. The summed E-state index contributed by atoms with van der Waals surface area (Å²) in [5.74, 6) is 0. The van der Waals surface area contributed by atoms with Gasteiger partial charge in [-0.15, -0.1) is 11.3 Å². The lowest BCUT2D eigenvalue weighted by Crippen LogP contribution is -2.18. The molecule has 0 aliphatic rings. The molecular formula is C15H18N4S. The maximum absolute atomic E-state index is 4.64. The van der Waals surface area contributed by atoms with Crippen molar-refractivity contribution in [3.05, 3.63) is 52.6 Å². The van der Waals surface area contributed by atoms with Crippen molar-refractivity contribution in [2.45, 2.75) is 26.9 Å². The van der Waals surface area contributed by atoms with Crippen molar-refractivity contribution in [3.63, 3.8) is 0 Å². The van der Waals surface area contributed by atoms with E-state index in [1.54, 1.807) is 11.3 Å². The minimum Gasteiger partial charge on any atom is -0.296 e. The van der Waals surface area contributed by atoms with Crippen LogP contribution in [0.5, 0.6) is 0 Å². The Labute approximate surface area is 122 Å². The molecule has 0 unspecified atom stereocenters. The van der Waals surface area contributed by atoms with Crippen molar-refractivity contribution in [1.29, 1.82) is 0 Å². The molecule has 0 aliphatic carbocycles. The van der Waals surface area contributed by atoms with Gasteiger partial charge in [-0.1, -0.05) is 0 Å². The van der Waals surface area contributed by atoms with E-state index in [4.69, 9.17) is 0 Å². The molecule has 0 N–H and O–H groups in total. The fourth-order valence-corrected chi connectivity index (χ4v) is 3.30. The molecule has 0 aromatic carbocycles. The van der Waals surface area contributed by atoms with Gasteiger partial charge in [0.05, 0.1) is 11.4 Å². The lowest BCUT2D eigenvalue weighted by Gasteiger charge is -2.16. The number of rotatable bonds is 4. The lowest BCUT2D eigenvalue weighted by atomic mass is 10.2. The van der Waals surface area contributed by atoms with Crippen LogP contribution in [-0.2, 0) is 13.1 Å². The maximum Gasteiger partial charge on any atom is 0.194 e. The number of aromatic nitrogens is 3. The minimum atomic E-state index is 0.894. The topological polar surface area (TPSA) is 33.4 Å². The molecule has 0 bridgehead atoms. The number of imidazole rings is 1. The second-order valence-corrected chi connectivity index (χ2v) is 6.38. The zero-order chi connectivity index (χ0) is 14.1. The summed E-state index contributed by atoms with van der Waals surface area (Å²) in [5.41, 5.74) is 3.68. The summed E-state index contributed by atoms with van der Waals surface area (Å²) < 4.78 is 2.22. The molecule has 4 nitrogen and oxygen atoms in total. The van der Waals surface area contributed by atoms with E-state index in [0.717, 1.165) is 23.7 Å². The van der Waals surface area contributed by atoms with Gasteiger partial charge in [-0.3, -0.25) is 14.3 Å². The molecule has 0 spiro atoms. The van der Waals surface area contributed by atoms with Gasteiger partial charge in [0, 0.05) is 36.6 Å². The van der Waals surface area contributed by atoms with E-state index >= 15 is 0 Å². The molecule has 0 saturated heterocycles. The third-order valence-electron chi connectivity index (χ3n) is 3.36. The Balaban J connectivity index is 1.80. The van der Waals surface area contributed by atoms with Crippen LogP contribution in [0.2, 0.25) is 0 Å². The van der Waals surface area contributed by atoms with Gasteiger partial charge in [0.1, 0.15) is 0 Å². The Kier molecular flexibility index (Phi) is 3.54. The number of nitrogens with zero attached hydrogens (tertiary/aromatic N) is 4. The summed E-state index contributed by atoms with van der Waals surface area (Å²) in [5, 5.41) is 0. The van der Waals surface area contributed by atoms with E-state index < -0.39 is 0 Å². The molecule has 0 atom stereocenters. The summed E-state index contributed by atoms with van der Waals surface area (Å²) in [7, 11) is 2.14. The predicted octanol–water partition coefficient (Wildman–Crippen LogP) is 3.04. The molecule has 0 saturated carbocycles. The summed E-state index contributed by atoms with van der Waals surface area (Å²) in [6, 6.07) is 4.12. The monoisotopic (exact) mass is 286 g/mol. The lowest BCUT2D eigenvalue weighted by molar-refractivity contribution is 0.313. The molecule has 3 aromatic heterocycles. The highest BCUT2D eigenvalue weighted by atomic mass is 32.1. The second-order valence-electron chi connectivity index (χ2n) is 5.17. The predicted molar refractivity (Wildman–Crippen MR) is 82.0 cm³/mol. The zero-order valence-corrected chi connectivity index (χ0v) is 12.8. The Morgan fingerprint density at radius 3 is 2.70 bits per heavy atom. The van der Waals surface area contributed by atoms with Gasteiger partial charge < -0.3 is 0 Å². The minimum absolute atomic E-state index is 0.894. The van der Waals surface area contributed by atoms with E-state index in [1.807, 2.05) is 12.4 Å². The van der Waals surface area contributed by atoms with Crippen molar-refractivity contribution in [2.75, 3.05) is 7.05 Å². The van der Waals surface area contributed by atoms with E-state index in [9.17, 15) is 0 Å². The highest BCUT2D eigenvalue weighted by molar-refractivity contribution is 7.17. The number of thiazole rings is 1. The largest absolute Gasteiger partial charge is 0.296 e. The molecule has 3 heterocycles. The van der Waals surface area contributed by atoms with Crippen molar-refractivity contribution in [1.82, 2.24) is 19.3 Å². The summed E-state index contributed by atoms with van der Waals surface area (Å²) in [4.78, 5) is 13.4. The Bertz CT molecular complexity index is 714. The molecule has 0 amide bonds. The van der Waals surface area contributed by atoms with Gasteiger partial charge in [0.2, 0.25) is 0 Å². The van der Waals surface area contributed by atoms with Crippen molar-refractivity contribution in [2.24, 2.45) is 0 Å². The van der Waals surface area contributed by atoms with Gasteiger partial charge in [-0.25, -0.2) is 4.98 Å². The maximum atomic E-state index is 4.64. The second kappa shape index (κ2) is 5.34. The van der Waals surface area contributed by atoms with Crippen LogP contribution < -0.4 is 0 Å². The summed E-state index contributed by atoms with van der Waals surface area (Å²) in [6.07, 6.45) is 5.86. The van der Waals surface area contributed by atoms with Gasteiger partial charge in [0.25, 0.3) is 0 Å². The Hall–Kier alpha value is -1.72. The van der Waals surface area contributed by atoms with Crippen molar-refractivity contribution < 1.29 is 0 Å². The van der Waals surface area contributed by atoms with Gasteiger partial charge in [0.15, 0.2) is 4.96 Å². The first-order valence-corrected chi connectivity index (χ1v) is 7.46. The molecule has 0 radical (unpaired) electrons. The van der Waals surface area contributed by atoms with Crippen LogP contribution >= 0.6 is 11.3 Å². The number of hydrogen-bond acceptors (Lipinski definition) is 4. The van der Waals surface area contributed by atoms with E-state index in [-0.39, 0.29) is 0 Å². The standard InChI is InChI=1S/C15H18N4S/c1-11-8-19-14(12(2)17-15(19)20-11)10-18(3)9-13-4-6-16-7-5-13/h4-8H,9-10H2,1-3H3. The molecule has 5 heteroatoms. The molecule has 0 aliphatic heterocycles. The highest BCUT2D eigenvalue weighted by Gasteiger charge is 2.13. The third-order valence-corrected chi connectivity index (χ3v) is 4.26. The van der Waals surface area contributed by atoms with Crippen LogP contribution in [0.1, 0.15) is 21.8 Å². The smallest absolute Gasteiger partial charge is 0.194 e. The Morgan fingerprint density at radius 1 is 1.20 bits per heavy atom. The van der Waals surface area contributed by atoms with Crippen LogP contribution in [0.3, 0.4) is 0 Å². The van der Waals surface area contributed by atoms with Crippen molar-refractivity contribution in [3.8, 4) is 0 Å². The number of fused-ring (bicyclic) bond motifs is 1. The van der Waals surface area contributed by atoms with Crippen LogP contribution in [0, 0.1) is 13.8 Å². The molecule has 104 valence electrons. The van der Waals surface area contributed by atoms with Crippen molar-refractivity contribution >= 4 is 16.3 Å². The average Bonchev–Trinajstić information content (AvgIpc) is 2.89. The first kappa shape index (κ1) is 13.3. The van der Waals surface area contributed by atoms with Gasteiger partial charge >= 0.3 is 0 Å². The van der Waals surface area contributed by atoms with Gasteiger partial charge in [-0.2, -0.15) is 0 Å². The van der Waals surface area contributed by atoms with E-state index in [0.29, 0.717) is 0 Å². The van der Waals surface area contributed by atoms with Crippen LogP contribution in [-0.4, -0.2) is 26.3 Å². The van der Waals surface area contributed by atoms with Crippen LogP contribution in [0.25, 0.3) is 4.96 Å². The fraction of sp³-hybridized carbons (Fsp3) is 0.333. The molecule has 3 aromatic rings. The molecule has 3 rings (SSSR count). The quantitative estimate of drug-likeness (QED) is 0.739. The Morgan fingerprint density at radius 2 is 1.95 bits per heavy atom. The van der Waals surface area contributed by atoms with Crippen LogP contribution in [0.4, 0.5) is 0 Å². The van der Waals surface area contributed by atoms with E-state index in [2.05, 4.69) is 58.5 Å².